The molecule has 0 aromatic heterocycles. The fourth-order valence-corrected chi connectivity index (χ4v) is 8.86. The Morgan fingerprint density at radius 3 is 1.25 bits per heavy atom. The van der Waals surface area contributed by atoms with Gasteiger partial charge in [-0.2, -0.15) is 0 Å². The maximum absolute atomic E-state index is 11.5. The van der Waals surface area contributed by atoms with Gasteiger partial charge in [-0.1, -0.05) is 68.1 Å². The van der Waals surface area contributed by atoms with Gasteiger partial charge in [0.15, 0.2) is 0 Å². The van der Waals surface area contributed by atoms with Gasteiger partial charge in [0.05, 0.1) is 73.1 Å². The van der Waals surface area contributed by atoms with Gasteiger partial charge in [0.1, 0.15) is 22.8 Å². The number of terminal acetylenes is 1. The number of rotatable bonds is 11. The maximum Gasteiger partial charge on any atom is 0.513 e. The standard InChI is InChI=1S/C18H22N2O5.C18H24N2O3.C13H14BrNO5.C5H9N.Zn/c1-19(2)10-6-9-14-11-15(13-7-4-5-8-13)17(25-18(21)24-3)12-16(14)20(22)23;1-20(2)10-6-9-14-11-15(13-7-4-5-8-13)17(12-16(14)19)23-18(21)22-3;1-19-13(16)20-12-7-11(15(17)18)10(14)6-9(12)8-4-2-3-5-8;1-4-5-6(2)3;/h11-13H,4-5,7-8,10H2,1-3H3;11-13H,4-5,7-8,10,19H2,1-3H3;6-8H,2-5H2,1H3;1H,5H2,2-3H3;. The van der Waals surface area contributed by atoms with Crippen molar-refractivity contribution in [1.82, 2.24) is 14.7 Å². The molecular weight excluding hydrogens is 1090 g/mol. The van der Waals surface area contributed by atoms with Crippen molar-refractivity contribution in [1.29, 1.82) is 0 Å². The minimum absolute atomic E-state index is 0. The summed E-state index contributed by atoms with van der Waals surface area (Å²) in [7, 11) is 15.3. The minimum Gasteiger partial charge on any atom is -0.437 e. The van der Waals surface area contributed by atoms with E-state index in [1.54, 1.807) is 18.2 Å². The number of carbonyl (C=O) groups excluding carboxylic acids is 3. The molecule has 3 aromatic carbocycles. The first-order valence-corrected chi connectivity index (χ1v) is 24.9. The zero-order chi connectivity index (χ0) is 54.9. The van der Waals surface area contributed by atoms with Gasteiger partial charge in [-0.25, -0.2) is 14.4 Å². The van der Waals surface area contributed by atoms with Crippen molar-refractivity contribution in [3.8, 4) is 53.3 Å². The van der Waals surface area contributed by atoms with E-state index in [9.17, 15) is 34.6 Å². The third kappa shape index (κ3) is 21.9. The van der Waals surface area contributed by atoms with Crippen LogP contribution in [-0.4, -0.2) is 126 Å². The Kier molecular flexibility index (Phi) is 29.1. The van der Waals surface area contributed by atoms with Crippen molar-refractivity contribution in [2.75, 3.05) is 89.0 Å². The summed E-state index contributed by atoms with van der Waals surface area (Å²) in [4.78, 5) is 61.4. The molecule has 0 radical (unpaired) electrons. The third-order valence-electron chi connectivity index (χ3n) is 11.9. The summed E-state index contributed by atoms with van der Waals surface area (Å²) in [6, 6.07) is 9.57. The molecule has 0 atom stereocenters. The second-order valence-corrected chi connectivity index (χ2v) is 19.2. The molecule has 3 saturated carbocycles. The summed E-state index contributed by atoms with van der Waals surface area (Å²) in [5.74, 6) is 16.2. The number of anilines is 1. The molecule has 6 rings (SSSR count). The summed E-state index contributed by atoms with van der Waals surface area (Å²) in [6.45, 7) is 1.90. The summed E-state index contributed by atoms with van der Waals surface area (Å²) in [5.41, 5.74) is 9.99. The van der Waals surface area contributed by atoms with Crippen molar-refractivity contribution in [2.24, 2.45) is 0 Å². The van der Waals surface area contributed by atoms with E-state index < -0.39 is 28.3 Å². The van der Waals surface area contributed by atoms with Crippen LogP contribution in [0.2, 0.25) is 0 Å². The normalized spacial score (nSPS) is 13.8. The predicted octanol–water partition coefficient (Wildman–Crippen LogP) is 10.6. The van der Waals surface area contributed by atoms with E-state index in [2.05, 4.69) is 59.7 Å². The zero-order valence-electron chi connectivity index (χ0n) is 44.6. The van der Waals surface area contributed by atoms with E-state index >= 15 is 0 Å². The number of nitrogens with two attached hydrogens (primary N) is 1. The van der Waals surface area contributed by atoms with Gasteiger partial charge in [-0.15, -0.1) is 6.42 Å². The average molecular weight is 1160 g/mol. The van der Waals surface area contributed by atoms with Gasteiger partial charge >= 0.3 is 18.5 Å². The number of hydrogen-bond acceptors (Lipinski definition) is 17. The second-order valence-electron chi connectivity index (χ2n) is 18.4. The fourth-order valence-electron chi connectivity index (χ4n) is 8.35. The number of nitro benzene ring substituents is 2. The molecule has 0 aliphatic heterocycles. The van der Waals surface area contributed by atoms with Crippen LogP contribution < -0.4 is 19.9 Å². The van der Waals surface area contributed by atoms with E-state index in [4.69, 9.17) is 26.4 Å². The first-order chi connectivity index (χ1) is 35.2. The molecule has 3 aromatic rings. The topological polar surface area (TPSA) is 229 Å². The second kappa shape index (κ2) is 33.6. The van der Waals surface area contributed by atoms with Gasteiger partial charge < -0.3 is 34.2 Å². The number of ether oxygens (including phenoxy) is 6. The monoisotopic (exact) mass is 1150 g/mol. The third-order valence-corrected chi connectivity index (χ3v) is 12.5. The Morgan fingerprint density at radius 1 is 0.587 bits per heavy atom. The predicted molar refractivity (Wildman–Crippen MR) is 286 cm³/mol. The summed E-state index contributed by atoms with van der Waals surface area (Å²) < 4.78 is 29.5. The minimum atomic E-state index is -0.889. The van der Waals surface area contributed by atoms with Crippen LogP contribution in [0.4, 0.5) is 31.4 Å². The molecule has 3 fully saturated rings. The quantitative estimate of drug-likeness (QED) is 0.0275. The Labute approximate surface area is 462 Å². The first-order valence-electron chi connectivity index (χ1n) is 24.1. The van der Waals surface area contributed by atoms with Crippen LogP contribution in [-0.2, 0) is 33.7 Å². The van der Waals surface area contributed by atoms with Crippen LogP contribution in [0, 0.1) is 56.3 Å². The molecule has 75 heavy (non-hydrogen) atoms. The number of nitrogen functional groups attached to an aromatic ring is 1. The van der Waals surface area contributed by atoms with Gasteiger partial charge in [0.25, 0.3) is 11.4 Å². The van der Waals surface area contributed by atoms with Gasteiger partial charge in [-0.05, 0) is 149 Å². The largest absolute Gasteiger partial charge is 0.513 e. The molecule has 402 valence electrons. The van der Waals surface area contributed by atoms with Crippen molar-refractivity contribution in [3.63, 3.8) is 0 Å². The van der Waals surface area contributed by atoms with E-state index in [1.807, 2.05) is 63.1 Å². The SMILES string of the molecule is C#CCN(C)C.COC(=O)Oc1cc(N)c(C#CCN(C)C)cc1C1CCCC1.COC(=O)Oc1cc([N+](=O)[O-])c(Br)cc1C1CCCC1.COC(=O)Oc1cc([N+](=O)[O-])c(C#CCN(C)C)cc1C1CCCC1.[Zn]. The number of nitro groups is 2. The summed E-state index contributed by atoms with van der Waals surface area (Å²) in [6.07, 6.45) is 15.3. The summed E-state index contributed by atoms with van der Waals surface area (Å²) in [5, 5.41) is 22.4. The van der Waals surface area contributed by atoms with E-state index in [0.29, 0.717) is 40.5 Å². The van der Waals surface area contributed by atoms with Gasteiger partial charge in [0.2, 0.25) is 0 Å². The van der Waals surface area contributed by atoms with Crippen molar-refractivity contribution < 1.29 is 72.1 Å². The Bertz CT molecular complexity index is 2580. The number of carbonyl (C=O) groups is 3. The van der Waals surface area contributed by atoms with Crippen LogP contribution in [0.3, 0.4) is 0 Å². The molecule has 3 aliphatic carbocycles. The molecule has 19 nitrogen and oxygen atoms in total. The molecular formula is C54H69BrN6O13Zn. The van der Waals surface area contributed by atoms with Gasteiger partial charge in [0, 0.05) is 31.1 Å². The van der Waals surface area contributed by atoms with Crippen molar-refractivity contribution in [3.05, 3.63) is 88.9 Å². The van der Waals surface area contributed by atoms with E-state index in [-0.39, 0.29) is 54.2 Å². The molecule has 2 N–H and O–H groups in total. The van der Waals surface area contributed by atoms with Crippen molar-refractivity contribution in [2.45, 2.75) is 94.8 Å². The molecule has 0 amide bonds. The maximum atomic E-state index is 11.5. The summed E-state index contributed by atoms with van der Waals surface area (Å²) >= 11 is 3.20. The number of halogens is 1. The fraction of sp³-hybridized carbons (Fsp3) is 0.500. The van der Waals surface area contributed by atoms with E-state index in [0.717, 1.165) is 93.0 Å². The smallest absolute Gasteiger partial charge is 0.437 e. The number of nitrogens with zero attached hydrogens (tertiary/aromatic N) is 5. The Balaban J connectivity index is 0.000000364. The number of methoxy groups -OCH3 is 3. The van der Waals surface area contributed by atoms with Crippen LogP contribution in [0.5, 0.6) is 17.2 Å². The molecule has 3 aliphatic rings. The van der Waals surface area contributed by atoms with Crippen molar-refractivity contribution >= 4 is 51.5 Å². The molecule has 0 saturated heterocycles. The first kappa shape index (κ1) is 64.8. The van der Waals surface area contributed by atoms with Crippen LogP contribution in [0.15, 0.2) is 40.9 Å². The molecule has 21 heteroatoms. The average Bonchev–Trinajstić information content (AvgIpc) is 4.19. The number of benzene rings is 3. The van der Waals surface area contributed by atoms with Crippen LogP contribution in [0.1, 0.15) is 123 Å². The molecule has 0 unspecified atom stereocenters. The Hall–Kier alpha value is -6.27. The molecule has 0 spiro atoms. The Morgan fingerprint density at radius 2 is 0.920 bits per heavy atom. The van der Waals surface area contributed by atoms with Crippen LogP contribution in [0.25, 0.3) is 0 Å². The van der Waals surface area contributed by atoms with Gasteiger partial charge in [-0.3, -0.25) is 34.9 Å². The number of hydrogen-bond donors (Lipinski definition) is 1. The van der Waals surface area contributed by atoms with Crippen LogP contribution >= 0.6 is 15.9 Å². The molecule has 0 bridgehead atoms. The molecule has 0 heterocycles. The van der Waals surface area contributed by atoms with E-state index in [1.165, 1.54) is 46.3 Å². The zero-order valence-corrected chi connectivity index (χ0v) is 49.1.